The Kier molecular flexibility index (Phi) is 6.55. The average Bonchev–Trinajstić information content (AvgIpc) is 3.30. The molecule has 29 heavy (non-hydrogen) atoms. The van der Waals surface area contributed by atoms with Crippen LogP contribution >= 0.6 is 0 Å². The van der Waals surface area contributed by atoms with E-state index >= 15 is 0 Å². The van der Waals surface area contributed by atoms with E-state index in [-0.39, 0.29) is 5.91 Å². The Morgan fingerprint density at radius 2 is 1.90 bits per heavy atom. The number of rotatable bonds is 6. The van der Waals surface area contributed by atoms with Crippen LogP contribution in [-0.2, 0) is 6.54 Å². The Morgan fingerprint density at radius 3 is 2.55 bits per heavy atom. The molecule has 4 rings (SSSR count). The molecule has 154 valence electrons. The van der Waals surface area contributed by atoms with Gasteiger partial charge in [-0.2, -0.15) is 0 Å². The van der Waals surface area contributed by atoms with Crippen LogP contribution in [0.3, 0.4) is 0 Å². The van der Waals surface area contributed by atoms with E-state index in [0.29, 0.717) is 18.0 Å². The number of carbonyl (C=O) groups is 1. The van der Waals surface area contributed by atoms with Crippen LogP contribution in [0.4, 0.5) is 0 Å². The molecule has 0 radical (unpaired) electrons. The number of nitrogens with zero attached hydrogens (tertiary/aromatic N) is 4. The number of hydrogen-bond acceptors (Lipinski definition) is 4. The highest BCUT2D eigenvalue weighted by molar-refractivity contribution is 5.93. The molecule has 2 fully saturated rings. The fraction of sp³-hybridized carbons (Fsp3) is 0.542. The van der Waals surface area contributed by atoms with Gasteiger partial charge >= 0.3 is 0 Å². The van der Waals surface area contributed by atoms with Gasteiger partial charge in [0.15, 0.2) is 0 Å². The molecule has 1 saturated heterocycles. The first kappa shape index (κ1) is 20.0. The topological polar surface area (TPSA) is 49.3 Å². The lowest BCUT2D eigenvalue weighted by Crippen LogP contribution is -2.43. The zero-order valence-corrected chi connectivity index (χ0v) is 17.5. The van der Waals surface area contributed by atoms with Gasteiger partial charge in [0.1, 0.15) is 0 Å². The molecule has 1 saturated carbocycles. The van der Waals surface area contributed by atoms with Gasteiger partial charge in [0.05, 0.1) is 5.56 Å². The lowest BCUT2D eigenvalue weighted by atomic mass is 9.94. The fourth-order valence-electron chi connectivity index (χ4n) is 4.79. The standard InChI is InChI=1S/C24H32N4O/c1-19-8-9-22(16-26-19)24(29)28(18-21-5-4-12-25-15-21)17-20-10-13-27(14-11-20)23-6-2-3-7-23/h4-5,8-9,12,15-16,20,23H,2-3,6-7,10-11,13-14,17-18H2,1H3. The van der Waals surface area contributed by atoms with Crippen molar-refractivity contribution >= 4 is 5.91 Å². The first-order valence-electron chi connectivity index (χ1n) is 11.0. The van der Waals surface area contributed by atoms with Gasteiger partial charge in [-0.15, -0.1) is 0 Å². The summed E-state index contributed by atoms with van der Waals surface area (Å²) in [5.41, 5.74) is 2.67. The number of aromatic nitrogens is 2. The summed E-state index contributed by atoms with van der Waals surface area (Å²) in [6.45, 7) is 5.70. The van der Waals surface area contributed by atoms with Crippen molar-refractivity contribution in [2.45, 2.75) is 58.0 Å². The second kappa shape index (κ2) is 9.49. The van der Waals surface area contributed by atoms with Gasteiger partial charge in [-0.3, -0.25) is 14.8 Å². The molecule has 0 bridgehead atoms. The van der Waals surface area contributed by atoms with E-state index in [1.807, 2.05) is 42.3 Å². The summed E-state index contributed by atoms with van der Waals surface area (Å²) < 4.78 is 0. The van der Waals surface area contributed by atoms with Crippen LogP contribution in [0, 0.1) is 12.8 Å². The van der Waals surface area contributed by atoms with Gasteiger partial charge in [0, 0.05) is 43.4 Å². The van der Waals surface area contributed by atoms with E-state index in [2.05, 4.69) is 14.9 Å². The predicted molar refractivity (Wildman–Crippen MR) is 115 cm³/mol. The molecule has 0 atom stereocenters. The molecular weight excluding hydrogens is 360 g/mol. The van der Waals surface area contributed by atoms with Crippen LogP contribution < -0.4 is 0 Å². The van der Waals surface area contributed by atoms with Crippen molar-refractivity contribution in [3.05, 3.63) is 59.7 Å². The van der Waals surface area contributed by atoms with Crippen LogP contribution in [0.5, 0.6) is 0 Å². The maximum absolute atomic E-state index is 13.3. The lowest BCUT2D eigenvalue weighted by Gasteiger charge is -2.38. The largest absolute Gasteiger partial charge is 0.334 e. The molecule has 0 aromatic carbocycles. The number of amides is 1. The normalized spacial score (nSPS) is 18.8. The quantitative estimate of drug-likeness (QED) is 0.743. The molecule has 1 aliphatic heterocycles. The van der Waals surface area contributed by atoms with Crippen LogP contribution in [0.1, 0.15) is 60.1 Å². The summed E-state index contributed by atoms with van der Waals surface area (Å²) >= 11 is 0. The van der Waals surface area contributed by atoms with E-state index in [1.54, 1.807) is 12.4 Å². The summed E-state index contributed by atoms with van der Waals surface area (Å²) in [5, 5.41) is 0. The molecular formula is C24H32N4O. The highest BCUT2D eigenvalue weighted by atomic mass is 16.2. The third kappa shape index (κ3) is 5.21. The molecule has 3 heterocycles. The van der Waals surface area contributed by atoms with Gasteiger partial charge < -0.3 is 9.80 Å². The van der Waals surface area contributed by atoms with Gasteiger partial charge in [0.2, 0.25) is 0 Å². The maximum atomic E-state index is 13.3. The molecule has 0 N–H and O–H groups in total. The summed E-state index contributed by atoms with van der Waals surface area (Å²) in [6.07, 6.45) is 13.2. The molecule has 2 aliphatic rings. The zero-order chi connectivity index (χ0) is 20.1. The van der Waals surface area contributed by atoms with Gasteiger partial charge in [-0.1, -0.05) is 18.9 Å². The number of carbonyl (C=O) groups excluding carboxylic acids is 1. The van der Waals surface area contributed by atoms with Crippen LogP contribution in [-0.4, -0.2) is 51.4 Å². The summed E-state index contributed by atoms with van der Waals surface area (Å²) in [6, 6.07) is 8.59. The van der Waals surface area contributed by atoms with Crippen molar-refractivity contribution < 1.29 is 4.79 Å². The maximum Gasteiger partial charge on any atom is 0.255 e. The molecule has 2 aromatic rings. The molecule has 0 unspecified atom stereocenters. The number of aryl methyl sites for hydroxylation is 1. The third-order valence-corrected chi connectivity index (χ3v) is 6.51. The van der Waals surface area contributed by atoms with E-state index in [9.17, 15) is 4.79 Å². The van der Waals surface area contributed by atoms with Crippen molar-refractivity contribution in [1.82, 2.24) is 19.8 Å². The molecule has 5 heteroatoms. The molecule has 2 aromatic heterocycles. The summed E-state index contributed by atoms with van der Waals surface area (Å²) in [4.78, 5) is 26.5. The summed E-state index contributed by atoms with van der Waals surface area (Å²) in [5.74, 6) is 0.631. The van der Waals surface area contributed by atoms with Gasteiger partial charge in [-0.25, -0.2) is 0 Å². The zero-order valence-electron chi connectivity index (χ0n) is 17.5. The summed E-state index contributed by atoms with van der Waals surface area (Å²) in [7, 11) is 0. The Hall–Kier alpha value is -2.27. The third-order valence-electron chi connectivity index (χ3n) is 6.51. The average molecular weight is 393 g/mol. The fourth-order valence-corrected chi connectivity index (χ4v) is 4.79. The molecule has 0 spiro atoms. The minimum Gasteiger partial charge on any atom is -0.334 e. The van der Waals surface area contributed by atoms with Crippen molar-refractivity contribution in [3.63, 3.8) is 0 Å². The molecule has 5 nitrogen and oxygen atoms in total. The number of hydrogen-bond donors (Lipinski definition) is 0. The Balaban J connectivity index is 1.42. The van der Waals surface area contributed by atoms with Crippen molar-refractivity contribution in [2.75, 3.05) is 19.6 Å². The highest BCUT2D eigenvalue weighted by Crippen LogP contribution is 2.28. The van der Waals surface area contributed by atoms with E-state index in [1.165, 1.54) is 51.6 Å². The smallest absolute Gasteiger partial charge is 0.255 e. The second-order valence-corrected chi connectivity index (χ2v) is 8.65. The van der Waals surface area contributed by atoms with E-state index in [4.69, 9.17) is 0 Å². The lowest BCUT2D eigenvalue weighted by molar-refractivity contribution is 0.0650. The SMILES string of the molecule is Cc1ccc(C(=O)N(Cc2cccnc2)CC2CCN(C3CCCC3)CC2)cn1. The Labute approximate surface area is 174 Å². The van der Waals surface area contributed by atoms with Crippen LogP contribution in [0.15, 0.2) is 42.9 Å². The Bertz CT molecular complexity index is 778. The minimum absolute atomic E-state index is 0.0691. The van der Waals surface area contributed by atoms with E-state index < -0.39 is 0 Å². The minimum atomic E-state index is 0.0691. The number of likely N-dealkylation sites (tertiary alicyclic amines) is 1. The Morgan fingerprint density at radius 1 is 1.10 bits per heavy atom. The monoisotopic (exact) mass is 392 g/mol. The van der Waals surface area contributed by atoms with Crippen molar-refractivity contribution in [3.8, 4) is 0 Å². The van der Waals surface area contributed by atoms with Crippen molar-refractivity contribution in [1.29, 1.82) is 0 Å². The second-order valence-electron chi connectivity index (χ2n) is 8.65. The molecule has 1 amide bonds. The number of piperidine rings is 1. The highest BCUT2D eigenvalue weighted by Gasteiger charge is 2.29. The van der Waals surface area contributed by atoms with Crippen LogP contribution in [0.2, 0.25) is 0 Å². The molecule has 1 aliphatic carbocycles. The predicted octanol–water partition coefficient (Wildman–Crippen LogP) is 4.08. The van der Waals surface area contributed by atoms with Gasteiger partial charge in [0.25, 0.3) is 5.91 Å². The van der Waals surface area contributed by atoms with Crippen molar-refractivity contribution in [2.24, 2.45) is 5.92 Å². The van der Waals surface area contributed by atoms with Crippen LogP contribution in [0.25, 0.3) is 0 Å². The number of pyridine rings is 2. The first-order valence-corrected chi connectivity index (χ1v) is 11.0. The first-order chi connectivity index (χ1) is 14.2. The van der Waals surface area contributed by atoms with Gasteiger partial charge in [-0.05, 0) is 75.4 Å². The van der Waals surface area contributed by atoms with E-state index in [0.717, 1.165) is 23.8 Å².